The zero-order valence-corrected chi connectivity index (χ0v) is 14.9. The van der Waals surface area contributed by atoms with Gasteiger partial charge in [0.15, 0.2) is 0 Å². The molecule has 23 heavy (non-hydrogen) atoms. The molecule has 0 spiro atoms. The smallest absolute Gasteiger partial charge is 0.279 e. The lowest BCUT2D eigenvalue weighted by Crippen LogP contribution is -2.42. The van der Waals surface area contributed by atoms with Crippen LogP contribution in [0.4, 0.5) is 0 Å². The highest BCUT2D eigenvalue weighted by Gasteiger charge is 2.12. The number of amides is 2. The molecule has 8 heteroatoms. The van der Waals surface area contributed by atoms with Gasteiger partial charge in [-0.1, -0.05) is 6.07 Å². The average Bonchev–Trinajstić information content (AvgIpc) is 2.99. The first-order chi connectivity index (χ1) is 11.0. The number of nitrogens with one attached hydrogen (secondary N) is 2. The van der Waals surface area contributed by atoms with E-state index in [1.807, 2.05) is 0 Å². The van der Waals surface area contributed by atoms with Crippen molar-refractivity contribution in [2.24, 2.45) is 0 Å². The Morgan fingerprint density at radius 2 is 1.91 bits per heavy atom. The van der Waals surface area contributed by atoms with Crippen molar-refractivity contribution in [1.29, 1.82) is 0 Å². The van der Waals surface area contributed by atoms with Crippen LogP contribution in [0.5, 0.6) is 11.5 Å². The van der Waals surface area contributed by atoms with Crippen LogP contribution < -0.4 is 20.3 Å². The Morgan fingerprint density at radius 3 is 2.52 bits per heavy atom. The third-order valence-electron chi connectivity index (χ3n) is 2.96. The van der Waals surface area contributed by atoms with E-state index in [-0.39, 0.29) is 18.2 Å². The number of methoxy groups -OCH3 is 2. The number of halogens is 1. The number of hydrazine groups is 1. The summed E-state index contributed by atoms with van der Waals surface area (Å²) in [6.07, 6.45) is 0.0710. The Balaban J connectivity index is 1.93. The fourth-order valence-electron chi connectivity index (χ4n) is 1.84. The van der Waals surface area contributed by atoms with Crippen LogP contribution in [0.15, 0.2) is 34.1 Å². The fraction of sp³-hybridized carbons (Fsp3) is 0.200. The molecule has 2 rings (SSSR count). The summed E-state index contributed by atoms with van der Waals surface area (Å²) in [6, 6.07) is 8.62. The number of carbonyl (C=O) groups excluding carboxylic acids is 2. The number of benzene rings is 1. The summed E-state index contributed by atoms with van der Waals surface area (Å²) in [5.74, 6) is 0.476. The van der Waals surface area contributed by atoms with E-state index in [9.17, 15) is 9.59 Å². The van der Waals surface area contributed by atoms with Gasteiger partial charge in [0.05, 0.1) is 29.3 Å². The quantitative estimate of drug-likeness (QED) is 0.758. The molecule has 0 aliphatic carbocycles. The largest absolute Gasteiger partial charge is 0.497 e. The van der Waals surface area contributed by atoms with E-state index in [0.717, 1.165) is 3.79 Å². The number of hydrogen-bond acceptors (Lipinski definition) is 5. The zero-order valence-electron chi connectivity index (χ0n) is 12.5. The first-order valence-corrected chi connectivity index (χ1v) is 8.20. The molecule has 1 aromatic carbocycles. The molecule has 0 unspecified atom stereocenters. The Kier molecular flexibility index (Phi) is 6.00. The minimum atomic E-state index is -0.365. The molecular formula is C15H15BrN2O4S. The van der Waals surface area contributed by atoms with Crippen LogP contribution in [0.1, 0.15) is 15.2 Å². The lowest BCUT2D eigenvalue weighted by Gasteiger charge is -2.11. The van der Waals surface area contributed by atoms with Gasteiger partial charge in [-0.3, -0.25) is 20.4 Å². The lowest BCUT2D eigenvalue weighted by molar-refractivity contribution is -0.121. The molecule has 0 fully saturated rings. The fourth-order valence-corrected chi connectivity index (χ4v) is 3.12. The van der Waals surface area contributed by atoms with Crippen LogP contribution >= 0.6 is 27.3 Å². The van der Waals surface area contributed by atoms with Gasteiger partial charge in [0.25, 0.3) is 5.91 Å². The van der Waals surface area contributed by atoms with Crippen LogP contribution in [-0.2, 0) is 11.2 Å². The van der Waals surface area contributed by atoms with Gasteiger partial charge in [0.1, 0.15) is 11.5 Å². The van der Waals surface area contributed by atoms with Crippen molar-refractivity contribution in [1.82, 2.24) is 10.9 Å². The predicted octanol–water partition coefficient (Wildman–Crippen LogP) is 2.53. The molecule has 2 N–H and O–H groups in total. The van der Waals surface area contributed by atoms with Gasteiger partial charge in [0.2, 0.25) is 5.91 Å². The summed E-state index contributed by atoms with van der Waals surface area (Å²) in [7, 11) is 3.08. The summed E-state index contributed by atoms with van der Waals surface area (Å²) in [4.78, 5) is 24.3. The van der Waals surface area contributed by atoms with Crippen LogP contribution in [0.25, 0.3) is 0 Å². The monoisotopic (exact) mass is 398 g/mol. The summed E-state index contributed by atoms with van der Waals surface area (Å²) in [5, 5.41) is 0. The number of rotatable bonds is 5. The van der Waals surface area contributed by atoms with Gasteiger partial charge in [-0.15, -0.1) is 11.3 Å². The molecule has 0 aliphatic rings. The second-order valence-corrected chi connectivity index (χ2v) is 6.92. The second kappa shape index (κ2) is 7.98. The van der Waals surface area contributed by atoms with Gasteiger partial charge in [-0.25, -0.2) is 0 Å². The highest BCUT2D eigenvalue weighted by atomic mass is 79.9. The minimum absolute atomic E-state index is 0.0710. The summed E-state index contributed by atoms with van der Waals surface area (Å²) >= 11 is 4.56. The zero-order chi connectivity index (χ0) is 16.8. The van der Waals surface area contributed by atoms with E-state index in [1.165, 1.54) is 18.4 Å². The van der Waals surface area contributed by atoms with Gasteiger partial charge >= 0.3 is 0 Å². The second-order valence-electron chi connectivity index (χ2n) is 4.46. The van der Waals surface area contributed by atoms with Crippen molar-refractivity contribution in [3.8, 4) is 11.5 Å². The van der Waals surface area contributed by atoms with Crippen LogP contribution in [0.2, 0.25) is 0 Å². The van der Waals surface area contributed by atoms with E-state index in [2.05, 4.69) is 26.8 Å². The Bertz CT molecular complexity index is 717. The summed E-state index contributed by atoms with van der Waals surface area (Å²) in [5.41, 5.74) is 5.46. The Hall–Kier alpha value is -2.06. The standard InChI is InChI=1S/C15H15BrN2O4S/c1-21-10-4-3-9(11(8-10)22-2)7-14(19)17-18-15(20)12-5-6-13(16)23-12/h3-6,8H,7H2,1-2H3,(H,17,19)(H,18,20). The molecular weight excluding hydrogens is 384 g/mol. The van der Waals surface area contributed by atoms with Gasteiger partial charge < -0.3 is 9.47 Å². The molecule has 2 aromatic rings. The Labute approximate surface area is 145 Å². The van der Waals surface area contributed by atoms with Crippen molar-refractivity contribution in [2.75, 3.05) is 14.2 Å². The molecule has 122 valence electrons. The van der Waals surface area contributed by atoms with Crippen LogP contribution in [0, 0.1) is 0 Å². The molecule has 0 radical (unpaired) electrons. The van der Waals surface area contributed by atoms with E-state index >= 15 is 0 Å². The van der Waals surface area contributed by atoms with Crippen molar-refractivity contribution >= 4 is 39.1 Å². The van der Waals surface area contributed by atoms with Gasteiger partial charge in [-0.2, -0.15) is 0 Å². The van der Waals surface area contributed by atoms with Crippen molar-refractivity contribution in [2.45, 2.75) is 6.42 Å². The molecule has 6 nitrogen and oxygen atoms in total. The van der Waals surface area contributed by atoms with E-state index in [0.29, 0.717) is 21.9 Å². The minimum Gasteiger partial charge on any atom is -0.497 e. The third-order valence-corrected chi connectivity index (χ3v) is 4.58. The van der Waals surface area contributed by atoms with Crippen molar-refractivity contribution < 1.29 is 19.1 Å². The Morgan fingerprint density at radius 1 is 1.13 bits per heavy atom. The van der Waals surface area contributed by atoms with E-state index < -0.39 is 0 Å². The summed E-state index contributed by atoms with van der Waals surface area (Å²) < 4.78 is 11.2. The van der Waals surface area contributed by atoms with Crippen LogP contribution in [-0.4, -0.2) is 26.0 Å². The molecule has 0 saturated carbocycles. The first kappa shape index (κ1) is 17.3. The number of carbonyl (C=O) groups is 2. The number of ether oxygens (including phenoxy) is 2. The maximum Gasteiger partial charge on any atom is 0.279 e. The average molecular weight is 399 g/mol. The van der Waals surface area contributed by atoms with Gasteiger partial charge in [-0.05, 0) is 34.1 Å². The third kappa shape index (κ3) is 4.70. The van der Waals surface area contributed by atoms with E-state index in [1.54, 1.807) is 37.4 Å². The highest BCUT2D eigenvalue weighted by molar-refractivity contribution is 9.11. The molecule has 1 aromatic heterocycles. The topological polar surface area (TPSA) is 76.7 Å². The molecule has 0 bridgehead atoms. The lowest BCUT2D eigenvalue weighted by atomic mass is 10.1. The van der Waals surface area contributed by atoms with Crippen molar-refractivity contribution in [3.63, 3.8) is 0 Å². The molecule has 0 aliphatic heterocycles. The molecule has 0 atom stereocenters. The maximum atomic E-state index is 12.0. The molecule has 2 amide bonds. The van der Waals surface area contributed by atoms with Gasteiger partial charge in [0, 0.05) is 11.6 Å². The van der Waals surface area contributed by atoms with Crippen molar-refractivity contribution in [3.05, 3.63) is 44.6 Å². The normalized spacial score (nSPS) is 10.0. The van der Waals surface area contributed by atoms with E-state index in [4.69, 9.17) is 9.47 Å². The molecule has 1 heterocycles. The maximum absolute atomic E-state index is 12.0. The number of thiophene rings is 1. The first-order valence-electron chi connectivity index (χ1n) is 6.59. The summed E-state index contributed by atoms with van der Waals surface area (Å²) in [6.45, 7) is 0. The molecule has 0 saturated heterocycles. The number of hydrogen-bond donors (Lipinski definition) is 2. The van der Waals surface area contributed by atoms with Crippen LogP contribution in [0.3, 0.4) is 0 Å². The highest BCUT2D eigenvalue weighted by Crippen LogP contribution is 2.25. The predicted molar refractivity (Wildman–Crippen MR) is 90.9 cm³/mol. The SMILES string of the molecule is COc1ccc(CC(=O)NNC(=O)c2ccc(Br)s2)c(OC)c1.